The highest BCUT2D eigenvalue weighted by atomic mass is 35.5. The van der Waals surface area contributed by atoms with Crippen LogP contribution in [-0.4, -0.2) is 17.7 Å². The third kappa shape index (κ3) is 4.00. The maximum atomic E-state index is 12.3. The molecule has 1 aromatic carbocycles. The number of Topliss-reactive ketones (excluding diaryl/α,β-unsaturated/α-hetero) is 1. The number of nitriles is 1. The van der Waals surface area contributed by atoms with Gasteiger partial charge in [0.05, 0.1) is 16.1 Å². The maximum absolute atomic E-state index is 12.3. The molecule has 0 unspecified atom stereocenters. The van der Waals surface area contributed by atoms with Gasteiger partial charge in [0, 0.05) is 11.6 Å². The van der Waals surface area contributed by atoms with E-state index < -0.39 is 17.6 Å². The van der Waals surface area contributed by atoms with Crippen molar-refractivity contribution in [2.45, 2.75) is 38.1 Å². The van der Waals surface area contributed by atoms with E-state index in [2.05, 4.69) is 5.32 Å². The van der Waals surface area contributed by atoms with E-state index in [-0.39, 0.29) is 16.6 Å². The molecular weight excluding hydrogens is 323 g/mol. The molecule has 1 atom stereocenters. The fraction of sp³-hybridized carbons (Fsp3) is 0.438. The Morgan fingerprint density at radius 3 is 2.45 bits per heavy atom. The average Bonchev–Trinajstić information content (AvgIpc) is 2.51. The van der Waals surface area contributed by atoms with Crippen molar-refractivity contribution >= 4 is 34.9 Å². The lowest BCUT2D eigenvalue weighted by Gasteiger charge is -2.23. The third-order valence-electron chi connectivity index (χ3n) is 3.81. The highest BCUT2D eigenvalue weighted by molar-refractivity contribution is 6.42. The van der Waals surface area contributed by atoms with Gasteiger partial charge in [-0.3, -0.25) is 9.59 Å². The number of amides is 1. The molecule has 1 saturated carbocycles. The molecule has 1 aliphatic carbocycles. The molecule has 1 aromatic rings. The van der Waals surface area contributed by atoms with Gasteiger partial charge in [0.1, 0.15) is 0 Å². The number of carbonyl (C=O) groups excluding carboxylic acids is 2. The Bertz CT molecular complexity index is 619. The number of nitrogens with zero attached hydrogens (tertiary/aromatic N) is 1. The molecule has 0 heterocycles. The van der Waals surface area contributed by atoms with Gasteiger partial charge in [-0.05, 0) is 31.0 Å². The molecule has 2 rings (SSSR count). The van der Waals surface area contributed by atoms with Gasteiger partial charge < -0.3 is 5.32 Å². The fourth-order valence-corrected chi connectivity index (χ4v) is 2.88. The first-order valence-electron chi connectivity index (χ1n) is 7.22. The Hall–Kier alpha value is -1.57. The van der Waals surface area contributed by atoms with Gasteiger partial charge in [0.15, 0.2) is 11.7 Å². The van der Waals surface area contributed by atoms with E-state index in [0.29, 0.717) is 5.02 Å². The van der Waals surface area contributed by atoms with Crippen molar-refractivity contribution < 1.29 is 9.59 Å². The minimum atomic E-state index is -1.36. The smallest absolute Gasteiger partial charge is 0.245 e. The molecule has 1 N–H and O–H groups in total. The molecule has 0 bridgehead atoms. The highest BCUT2D eigenvalue weighted by Crippen LogP contribution is 2.24. The largest absolute Gasteiger partial charge is 0.352 e. The molecule has 0 spiro atoms. The van der Waals surface area contributed by atoms with Gasteiger partial charge in [-0.2, -0.15) is 5.26 Å². The number of hydrogen-bond acceptors (Lipinski definition) is 3. The second-order valence-electron chi connectivity index (χ2n) is 5.40. The molecular formula is C16H16Cl2N2O2. The predicted octanol–water partition coefficient (Wildman–Crippen LogP) is 3.76. The molecule has 0 radical (unpaired) electrons. The maximum Gasteiger partial charge on any atom is 0.245 e. The van der Waals surface area contributed by atoms with Crippen LogP contribution in [0.1, 0.15) is 42.5 Å². The molecule has 1 amide bonds. The van der Waals surface area contributed by atoms with E-state index in [4.69, 9.17) is 23.2 Å². The van der Waals surface area contributed by atoms with Crippen LogP contribution < -0.4 is 5.32 Å². The number of nitrogens with one attached hydrogen (secondary N) is 1. The Balaban J connectivity index is 2.09. The van der Waals surface area contributed by atoms with Gasteiger partial charge in [0.25, 0.3) is 0 Å². The van der Waals surface area contributed by atoms with Crippen molar-refractivity contribution in [1.29, 1.82) is 5.26 Å². The summed E-state index contributed by atoms with van der Waals surface area (Å²) < 4.78 is 0. The monoisotopic (exact) mass is 338 g/mol. The summed E-state index contributed by atoms with van der Waals surface area (Å²) >= 11 is 11.7. The zero-order valence-electron chi connectivity index (χ0n) is 11.9. The van der Waals surface area contributed by atoms with Crippen LogP contribution in [0.4, 0.5) is 0 Å². The summed E-state index contributed by atoms with van der Waals surface area (Å²) in [6.45, 7) is 0. The van der Waals surface area contributed by atoms with Crippen molar-refractivity contribution in [3.05, 3.63) is 33.8 Å². The Kier molecular flexibility index (Phi) is 5.82. The van der Waals surface area contributed by atoms with Gasteiger partial charge in [-0.25, -0.2) is 0 Å². The first kappa shape index (κ1) is 16.8. The predicted molar refractivity (Wildman–Crippen MR) is 84.9 cm³/mol. The average molecular weight is 339 g/mol. The first-order chi connectivity index (χ1) is 10.5. The van der Waals surface area contributed by atoms with Crippen LogP contribution in [0.2, 0.25) is 10.0 Å². The second-order valence-corrected chi connectivity index (χ2v) is 6.21. The van der Waals surface area contributed by atoms with Crippen LogP contribution in [-0.2, 0) is 4.79 Å². The van der Waals surface area contributed by atoms with Crippen LogP contribution in [0.25, 0.3) is 0 Å². The van der Waals surface area contributed by atoms with E-state index in [1.165, 1.54) is 18.2 Å². The van der Waals surface area contributed by atoms with Crippen molar-refractivity contribution in [1.82, 2.24) is 5.32 Å². The lowest BCUT2D eigenvalue weighted by molar-refractivity contribution is -0.123. The normalized spacial score (nSPS) is 16.6. The van der Waals surface area contributed by atoms with E-state index in [1.807, 2.05) is 0 Å². The summed E-state index contributed by atoms with van der Waals surface area (Å²) in [7, 11) is 0. The van der Waals surface area contributed by atoms with Gasteiger partial charge in [-0.1, -0.05) is 42.5 Å². The number of hydrogen-bond donors (Lipinski definition) is 1. The molecule has 116 valence electrons. The number of benzene rings is 1. The summed E-state index contributed by atoms with van der Waals surface area (Å²) in [4.78, 5) is 24.5. The van der Waals surface area contributed by atoms with Crippen LogP contribution in [0.3, 0.4) is 0 Å². The van der Waals surface area contributed by atoms with Crippen LogP contribution in [0.5, 0.6) is 0 Å². The number of carbonyl (C=O) groups is 2. The summed E-state index contributed by atoms with van der Waals surface area (Å²) in [6.07, 6.45) is 5.07. The fourth-order valence-electron chi connectivity index (χ4n) is 2.58. The quantitative estimate of drug-likeness (QED) is 0.671. The zero-order valence-corrected chi connectivity index (χ0v) is 13.5. The van der Waals surface area contributed by atoms with Crippen molar-refractivity contribution in [3.8, 4) is 6.07 Å². The summed E-state index contributed by atoms with van der Waals surface area (Å²) in [5.41, 5.74) is 0.208. The van der Waals surface area contributed by atoms with Crippen LogP contribution in [0, 0.1) is 17.2 Å². The first-order valence-corrected chi connectivity index (χ1v) is 7.97. The standard InChI is InChI=1S/C16H16Cl2N2O2/c17-13-7-6-10(8-14(13)18)15(21)12(9-19)16(22)20-11-4-2-1-3-5-11/h6-8,11-12H,1-5H2,(H,20,22)/t12-/m0/s1. The molecule has 0 saturated heterocycles. The lowest BCUT2D eigenvalue weighted by atomic mass is 9.93. The molecule has 6 heteroatoms. The van der Waals surface area contributed by atoms with Gasteiger partial charge in [0.2, 0.25) is 5.91 Å². The van der Waals surface area contributed by atoms with E-state index in [9.17, 15) is 14.9 Å². The van der Waals surface area contributed by atoms with E-state index >= 15 is 0 Å². The Morgan fingerprint density at radius 1 is 1.18 bits per heavy atom. The van der Waals surface area contributed by atoms with E-state index in [0.717, 1.165) is 32.1 Å². The number of ketones is 1. The second kappa shape index (κ2) is 7.62. The van der Waals surface area contributed by atoms with Gasteiger partial charge in [-0.15, -0.1) is 0 Å². The van der Waals surface area contributed by atoms with Crippen molar-refractivity contribution in [2.24, 2.45) is 5.92 Å². The lowest BCUT2D eigenvalue weighted by Crippen LogP contribution is -2.42. The van der Waals surface area contributed by atoms with Gasteiger partial charge >= 0.3 is 0 Å². The van der Waals surface area contributed by atoms with E-state index in [1.54, 1.807) is 6.07 Å². The molecule has 0 aliphatic heterocycles. The van der Waals surface area contributed by atoms with Crippen molar-refractivity contribution in [3.63, 3.8) is 0 Å². The summed E-state index contributed by atoms with van der Waals surface area (Å²) in [5, 5.41) is 12.5. The molecule has 4 nitrogen and oxygen atoms in total. The number of rotatable bonds is 4. The SMILES string of the molecule is N#C[C@H](C(=O)NC1CCCCC1)C(=O)c1ccc(Cl)c(Cl)c1. The third-order valence-corrected chi connectivity index (χ3v) is 4.55. The molecule has 22 heavy (non-hydrogen) atoms. The topological polar surface area (TPSA) is 70.0 Å². The number of halogens is 2. The molecule has 1 aliphatic rings. The highest BCUT2D eigenvalue weighted by Gasteiger charge is 2.29. The minimum Gasteiger partial charge on any atom is -0.352 e. The zero-order chi connectivity index (χ0) is 16.1. The summed E-state index contributed by atoms with van der Waals surface area (Å²) in [6, 6.07) is 6.16. The Labute approximate surface area is 139 Å². The molecule has 1 fully saturated rings. The van der Waals surface area contributed by atoms with Crippen molar-refractivity contribution in [2.75, 3.05) is 0 Å². The summed E-state index contributed by atoms with van der Waals surface area (Å²) in [5.74, 6) is -2.46. The molecule has 0 aromatic heterocycles. The van der Waals surface area contributed by atoms with Crippen LogP contribution in [0.15, 0.2) is 18.2 Å². The minimum absolute atomic E-state index is 0.0544. The Morgan fingerprint density at radius 2 is 1.86 bits per heavy atom. The van der Waals surface area contributed by atoms with Crippen LogP contribution >= 0.6 is 23.2 Å².